The largest absolute Gasteiger partial charge is 0.444 e. The summed E-state index contributed by atoms with van der Waals surface area (Å²) in [6.45, 7) is 11.5. The molecule has 1 saturated heterocycles. The van der Waals surface area contributed by atoms with Crippen molar-refractivity contribution in [3.8, 4) is 0 Å². The molecule has 1 amide bonds. The molecule has 1 aliphatic heterocycles. The number of hydrogen-bond donors (Lipinski definition) is 2. The molecule has 5 rings (SSSR count). The lowest BCUT2D eigenvalue weighted by Gasteiger charge is -2.46. The van der Waals surface area contributed by atoms with E-state index in [1.54, 1.807) is 0 Å². The Morgan fingerprint density at radius 3 is 2.50 bits per heavy atom. The average Bonchev–Trinajstić information content (AvgIpc) is 3.14. The summed E-state index contributed by atoms with van der Waals surface area (Å²) in [5.41, 5.74) is 3.95. The van der Waals surface area contributed by atoms with Gasteiger partial charge in [0.25, 0.3) is 0 Å². The lowest BCUT2D eigenvalue weighted by molar-refractivity contribution is 0.00394. The molecule has 3 heterocycles. The highest BCUT2D eigenvalue weighted by Crippen LogP contribution is 2.45. The van der Waals surface area contributed by atoms with Gasteiger partial charge in [-0.25, -0.2) is 9.78 Å². The number of aryl methyl sites for hydroxylation is 3. The second-order valence-electron chi connectivity index (χ2n) is 12.2. The number of rotatable bonds is 4. The summed E-state index contributed by atoms with van der Waals surface area (Å²) >= 11 is 0. The molecular formula is C29H41N7O2. The van der Waals surface area contributed by atoms with Crippen LogP contribution in [-0.2, 0) is 11.8 Å². The van der Waals surface area contributed by atoms with Gasteiger partial charge in [0.15, 0.2) is 0 Å². The van der Waals surface area contributed by atoms with Gasteiger partial charge in [0.05, 0.1) is 5.52 Å². The van der Waals surface area contributed by atoms with E-state index in [0.717, 1.165) is 72.4 Å². The monoisotopic (exact) mass is 519 g/mol. The Labute approximate surface area is 225 Å². The van der Waals surface area contributed by atoms with Crippen LogP contribution in [0.5, 0.6) is 0 Å². The first-order valence-corrected chi connectivity index (χ1v) is 13.8. The summed E-state index contributed by atoms with van der Waals surface area (Å²) in [6, 6.07) is 6.55. The maximum atomic E-state index is 12.5. The van der Waals surface area contributed by atoms with Crippen molar-refractivity contribution in [2.75, 3.05) is 23.7 Å². The fraction of sp³-hybridized carbons (Fsp3) is 0.586. The minimum absolute atomic E-state index is 0.179. The van der Waals surface area contributed by atoms with Gasteiger partial charge in [-0.3, -0.25) is 4.68 Å². The van der Waals surface area contributed by atoms with Crippen LogP contribution >= 0.6 is 0 Å². The third kappa shape index (κ3) is 5.71. The molecule has 0 atom stereocenters. The van der Waals surface area contributed by atoms with E-state index < -0.39 is 5.60 Å². The molecule has 9 heteroatoms. The zero-order valence-electron chi connectivity index (χ0n) is 23.6. The van der Waals surface area contributed by atoms with Crippen LogP contribution in [0, 0.1) is 19.3 Å². The molecule has 9 nitrogen and oxygen atoms in total. The quantitative estimate of drug-likeness (QED) is 0.430. The number of piperidine rings is 1. The van der Waals surface area contributed by atoms with E-state index in [0.29, 0.717) is 17.4 Å². The van der Waals surface area contributed by atoms with Gasteiger partial charge in [0.2, 0.25) is 5.95 Å². The molecule has 1 aliphatic carbocycles. The molecule has 38 heavy (non-hydrogen) atoms. The number of nitrogens with one attached hydrogen (secondary N) is 2. The minimum Gasteiger partial charge on any atom is -0.444 e. The van der Waals surface area contributed by atoms with Crippen molar-refractivity contribution in [3.05, 3.63) is 35.7 Å². The first kappa shape index (κ1) is 26.3. The summed E-state index contributed by atoms with van der Waals surface area (Å²) in [6.07, 6.45) is 8.36. The Morgan fingerprint density at radius 2 is 1.82 bits per heavy atom. The topological polar surface area (TPSA) is 97.2 Å². The molecule has 3 aromatic rings. The number of carbonyl (C=O) groups is 1. The van der Waals surface area contributed by atoms with Crippen molar-refractivity contribution < 1.29 is 9.53 Å². The van der Waals surface area contributed by atoms with E-state index in [-0.39, 0.29) is 6.09 Å². The molecule has 1 spiro atoms. The summed E-state index contributed by atoms with van der Waals surface area (Å²) in [5.74, 6) is 1.46. The van der Waals surface area contributed by atoms with Crippen LogP contribution in [0.4, 0.5) is 22.2 Å². The SMILES string of the molecule is Cc1cnc(Nc2ccc3c(C)n(C)nc3c2)nc1NC1CCC2(CC1)CCN(C(=O)OC(C)(C)C)CC2. The lowest BCUT2D eigenvalue weighted by Crippen LogP contribution is -2.47. The molecule has 0 unspecified atom stereocenters. The second-order valence-corrected chi connectivity index (χ2v) is 12.2. The van der Waals surface area contributed by atoms with Crippen LogP contribution in [-0.4, -0.2) is 55.5 Å². The van der Waals surface area contributed by atoms with Crippen LogP contribution in [0.3, 0.4) is 0 Å². The van der Waals surface area contributed by atoms with Crippen molar-refractivity contribution in [2.45, 2.75) is 84.8 Å². The van der Waals surface area contributed by atoms with E-state index in [2.05, 4.69) is 33.7 Å². The summed E-state index contributed by atoms with van der Waals surface area (Å²) < 4.78 is 7.48. The smallest absolute Gasteiger partial charge is 0.410 e. The lowest BCUT2D eigenvalue weighted by atomic mass is 9.67. The molecule has 2 aliphatic rings. The van der Waals surface area contributed by atoms with Crippen molar-refractivity contribution in [2.24, 2.45) is 12.5 Å². The maximum Gasteiger partial charge on any atom is 0.410 e. The van der Waals surface area contributed by atoms with E-state index in [1.807, 2.05) is 62.7 Å². The van der Waals surface area contributed by atoms with Crippen LogP contribution in [0.15, 0.2) is 24.4 Å². The number of benzene rings is 1. The Kier molecular flexibility index (Phi) is 6.96. The van der Waals surface area contributed by atoms with Gasteiger partial charge in [-0.2, -0.15) is 10.1 Å². The highest BCUT2D eigenvalue weighted by atomic mass is 16.6. The van der Waals surface area contributed by atoms with Crippen LogP contribution in [0.1, 0.15) is 70.6 Å². The van der Waals surface area contributed by atoms with Gasteiger partial charge in [-0.15, -0.1) is 0 Å². The van der Waals surface area contributed by atoms with E-state index in [1.165, 1.54) is 12.8 Å². The zero-order chi connectivity index (χ0) is 27.1. The van der Waals surface area contributed by atoms with Gasteiger partial charge in [-0.1, -0.05) is 0 Å². The van der Waals surface area contributed by atoms with Crippen molar-refractivity contribution in [3.63, 3.8) is 0 Å². The van der Waals surface area contributed by atoms with Crippen molar-refractivity contribution >= 4 is 34.4 Å². The Bertz CT molecular complexity index is 1310. The number of amides is 1. The van der Waals surface area contributed by atoms with Crippen molar-refractivity contribution in [1.82, 2.24) is 24.6 Å². The number of aromatic nitrogens is 4. The molecule has 2 N–H and O–H groups in total. The molecule has 0 radical (unpaired) electrons. The number of fused-ring (bicyclic) bond motifs is 1. The third-order valence-electron chi connectivity index (χ3n) is 8.22. The number of hydrogen-bond acceptors (Lipinski definition) is 7. The van der Waals surface area contributed by atoms with Gasteiger partial charge >= 0.3 is 6.09 Å². The Balaban J connectivity index is 1.17. The number of likely N-dealkylation sites (tertiary alicyclic amines) is 1. The number of nitrogens with zero attached hydrogens (tertiary/aromatic N) is 5. The molecule has 1 aromatic carbocycles. The summed E-state index contributed by atoms with van der Waals surface area (Å²) in [4.78, 5) is 23.7. The molecule has 204 valence electrons. The zero-order valence-corrected chi connectivity index (χ0v) is 23.6. The summed E-state index contributed by atoms with van der Waals surface area (Å²) in [7, 11) is 1.96. The van der Waals surface area contributed by atoms with Crippen LogP contribution < -0.4 is 10.6 Å². The van der Waals surface area contributed by atoms with E-state index in [4.69, 9.17) is 9.72 Å². The first-order chi connectivity index (χ1) is 18.0. The highest BCUT2D eigenvalue weighted by molar-refractivity contribution is 5.85. The minimum atomic E-state index is -0.448. The fourth-order valence-corrected chi connectivity index (χ4v) is 5.74. The molecule has 1 saturated carbocycles. The Hall–Kier alpha value is -3.36. The normalized spacial score (nSPS) is 18.1. The van der Waals surface area contributed by atoms with Crippen molar-refractivity contribution in [1.29, 1.82) is 0 Å². The second kappa shape index (κ2) is 10.1. The van der Waals surface area contributed by atoms with E-state index in [9.17, 15) is 4.79 Å². The van der Waals surface area contributed by atoms with Gasteiger partial charge in [0.1, 0.15) is 11.4 Å². The highest BCUT2D eigenvalue weighted by Gasteiger charge is 2.39. The maximum absolute atomic E-state index is 12.5. The first-order valence-electron chi connectivity index (χ1n) is 13.8. The standard InChI is InChI=1S/C29H41N7O2/c1-19-18-30-26(32-22-7-8-23-20(2)35(6)34-24(23)17-22)33-25(19)31-21-9-11-29(12-10-21)13-15-36(16-14-29)27(37)38-28(3,4)5/h7-8,17-18,21H,9-16H2,1-6H3,(H2,30,31,32,33). The number of ether oxygens (including phenoxy) is 1. The molecular weight excluding hydrogens is 478 g/mol. The molecule has 2 aromatic heterocycles. The predicted molar refractivity (Wildman–Crippen MR) is 151 cm³/mol. The summed E-state index contributed by atoms with van der Waals surface area (Å²) in [5, 5.41) is 12.8. The average molecular weight is 520 g/mol. The number of carbonyl (C=O) groups excluding carboxylic acids is 1. The third-order valence-corrected chi connectivity index (χ3v) is 8.22. The number of anilines is 3. The molecule has 0 bridgehead atoms. The van der Waals surface area contributed by atoms with Crippen LogP contribution in [0.25, 0.3) is 10.9 Å². The fourth-order valence-electron chi connectivity index (χ4n) is 5.74. The van der Waals surface area contributed by atoms with Gasteiger partial charge in [0, 0.05) is 54.7 Å². The predicted octanol–water partition coefficient (Wildman–Crippen LogP) is 6.10. The molecule has 2 fully saturated rings. The van der Waals surface area contributed by atoms with Crippen LogP contribution in [0.2, 0.25) is 0 Å². The van der Waals surface area contributed by atoms with Gasteiger partial charge in [-0.05, 0) is 96.8 Å². The van der Waals surface area contributed by atoms with Gasteiger partial charge < -0.3 is 20.3 Å². The van der Waals surface area contributed by atoms with E-state index >= 15 is 0 Å². The Morgan fingerprint density at radius 1 is 1.11 bits per heavy atom.